The van der Waals surface area contributed by atoms with E-state index < -0.39 is 0 Å². The van der Waals surface area contributed by atoms with Crippen molar-refractivity contribution in [3.8, 4) is 0 Å². The molecule has 1 unspecified atom stereocenters. The van der Waals surface area contributed by atoms with E-state index in [-0.39, 0.29) is 0 Å². The van der Waals surface area contributed by atoms with Crippen LogP contribution >= 0.6 is 0 Å². The zero-order valence-electron chi connectivity index (χ0n) is 17.3. The average molecular weight is 360 g/mol. The Hall–Kier alpha value is -0.940. The fourth-order valence-corrected chi connectivity index (χ4v) is 4.21. The van der Waals surface area contributed by atoms with E-state index in [1.807, 2.05) is 0 Å². The summed E-state index contributed by atoms with van der Waals surface area (Å²) in [4.78, 5) is 7.59. The standard InChI is InChI=1S/C22H37N3O/c1-5-24(17-22-7-6-12-26-22)15-20-13-18(2)14-21(19(20)3)16-25-10-8-23(4)9-11-25/h13-14,22H,5-12,15-17H2,1-4H3. The number of rotatable bonds is 7. The Morgan fingerprint density at radius 3 is 2.50 bits per heavy atom. The largest absolute Gasteiger partial charge is 0.377 e. The number of hydrogen-bond donors (Lipinski definition) is 0. The van der Waals surface area contributed by atoms with Gasteiger partial charge in [0.1, 0.15) is 0 Å². The van der Waals surface area contributed by atoms with Crippen molar-refractivity contribution in [2.75, 3.05) is 52.9 Å². The number of piperazine rings is 1. The predicted octanol–water partition coefficient (Wildman–Crippen LogP) is 3.05. The van der Waals surface area contributed by atoms with Gasteiger partial charge in [-0.2, -0.15) is 0 Å². The van der Waals surface area contributed by atoms with Gasteiger partial charge in [-0.3, -0.25) is 9.80 Å². The van der Waals surface area contributed by atoms with Gasteiger partial charge >= 0.3 is 0 Å². The van der Waals surface area contributed by atoms with Gasteiger partial charge in [0.25, 0.3) is 0 Å². The Morgan fingerprint density at radius 2 is 1.85 bits per heavy atom. The van der Waals surface area contributed by atoms with Crippen LogP contribution in [-0.2, 0) is 17.8 Å². The summed E-state index contributed by atoms with van der Waals surface area (Å²) in [6.45, 7) is 16.8. The normalized spacial score (nSPS) is 22.4. The van der Waals surface area contributed by atoms with Gasteiger partial charge in [-0.15, -0.1) is 0 Å². The molecule has 1 aromatic carbocycles. The van der Waals surface area contributed by atoms with E-state index in [4.69, 9.17) is 4.74 Å². The summed E-state index contributed by atoms with van der Waals surface area (Å²) in [5.41, 5.74) is 5.88. The van der Waals surface area contributed by atoms with Crippen LogP contribution in [0, 0.1) is 13.8 Å². The molecular weight excluding hydrogens is 322 g/mol. The summed E-state index contributed by atoms with van der Waals surface area (Å²) < 4.78 is 5.86. The first-order chi connectivity index (χ1) is 12.5. The molecule has 2 fully saturated rings. The van der Waals surface area contributed by atoms with Crippen LogP contribution in [0.3, 0.4) is 0 Å². The summed E-state index contributed by atoms with van der Waals surface area (Å²) >= 11 is 0. The smallest absolute Gasteiger partial charge is 0.0702 e. The lowest BCUT2D eigenvalue weighted by Gasteiger charge is -2.33. The highest BCUT2D eigenvalue weighted by Gasteiger charge is 2.20. The zero-order chi connectivity index (χ0) is 18.5. The second-order valence-corrected chi connectivity index (χ2v) is 8.25. The molecule has 4 nitrogen and oxygen atoms in total. The molecule has 0 amide bonds. The molecule has 146 valence electrons. The van der Waals surface area contributed by atoms with Crippen molar-refractivity contribution in [1.29, 1.82) is 0 Å². The number of benzene rings is 1. The highest BCUT2D eigenvalue weighted by Crippen LogP contribution is 2.22. The zero-order valence-corrected chi connectivity index (χ0v) is 17.3. The highest BCUT2D eigenvalue weighted by molar-refractivity contribution is 5.38. The van der Waals surface area contributed by atoms with Gasteiger partial charge < -0.3 is 9.64 Å². The molecule has 2 heterocycles. The highest BCUT2D eigenvalue weighted by atomic mass is 16.5. The van der Waals surface area contributed by atoms with Crippen LogP contribution in [0.2, 0.25) is 0 Å². The fraction of sp³-hybridized carbons (Fsp3) is 0.727. The van der Waals surface area contributed by atoms with Crippen LogP contribution < -0.4 is 0 Å². The predicted molar refractivity (Wildman–Crippen MR) is 109 cm³/mol. The second kappa shape index (κ2) is 9.32. The summed E-state index contributed by atoms with van der Waals surface area (Å²) in [6.07, 6.45) is 2.88. The van der Waals surface area contributed by atoms with Crippen molar-refractivity contribution in [2.24, 2.45) is 0 Å². The number of nitrogens with zero attached hydrogens (tertiary/aromatic N) is 3. The van der Waals surface area contributed by atoms with Gasteiger partial charge in [-0.25, -0.2) is 0 Å². The summed E-state index contributed by atoms with van der Waals surface area (Å²) in [6, 6.07) is 4.79. The molecule has 2 aliphatic heterocycles. The van der Waals surface area contributed by atoms with E-state index in [9.17, 15) is 0 Å². The fourth-order valence-electron chi connectivity index (χ4n) is 4.21. The quantitative estimate of drug-likeness (QED) is 0.745. The molecule has 0 N–H and O–H groups in total. The minimum atomic E-state index is 0.435. The Labute approximate surface area is 160 Å². The topological polar surface area (TPSA) is 19.0 Å². The van der Waals surface area contributed by atoms with Gasteiger partial charge in [0.2, 0.25) is 0 Å². The molecule has 0 spiro atoms. The third-order valence-electron chi connectivity index (χ3n) is 6.08. The molecule has 0 bridgehead atoms. The van der Waals surface area contributed by atoms with Crippen molar-refractivity contribution >= 4 is 0 Å². The van der Waals surface area contributed by atoms with E-state index in [0.717, 1.165) is 32.8 Å². The van der Waals surface area contributed by atoms with Crippen molar-refractivity contribution in [1.82, 2.24) is 14.7 Å². The first kappa shape index (κ1) is 19.8. The van der Waals surface area contributed by atoms with E-state index >= 15 is 0 Å². The lowest BCUT2D eigenvalue weighted by atomic mass is 9.98. The maximum Gasteiger partial charge on any atom is 0.0702 e. The van der Waals surface area contributed by atoms with Gasteiger partial charge in [0, 0.05) is 52.4 Å². The Balaban J connectivity index is 1.67. The van der Waals surface area contributed by atoms with Gasteiger partial charge in [-0.05, 0) is 57.0 Å². The summed E-state index contributed by atoms with van der Waals surface area (Å²) in [5.74, 6) is 0. The van der Waals surface area contributed by atoms with E-state index in [2.05, 4.69) is 54.7 Å². The lowest BCUT2D eigenvalue weighted by Crippen LogP contribution is -2.44. The number of ether oxygens (including phenoxy) is 1. The molecule has 1 atom stereocenters. The maximum atomic E-state index is 5.86. The molecule has 0 radical (unpaired) electrons. The van der Waals surface area contributed by atoms with Crippen LogP contribution in [0.5, 0.6) is 0 Å². The first-order valence-corrected chi connectivity index (χ1v) is 10.4. The lowest BCUT2D eigenvalue weighted by molar-refractivity contribution is 0.0724. The SMILES string of the molecule is CCN(Cc1cc(C)cc(CN2CCN(C)CC2)c1C)CC1CCCO1. The van der Waals surface area contributed by atoms with Crippen LogP contribution in [0.25, 0.3) is 0 Å². The monoisotopic (exact) mass is 359 g/mol. The molecule has 1 aromatic rings. The number of likely N-dealkylation sites (N-methyl/N-ethyl adjacent to an activating group) is 2. The third kappa shape index (κ3) is 5.29. The van der Waals surface area contributed by atoms with Gasteiger partial charge in [-0.1, -0.05) is 24.6 Å². The third-order valence-corrected chi connectivity index (χ3v) is 6.08. The van der Waals surface area contributed by atoms with Crippen LogP contribution in [0.15, 0.2) is 12.1 Å². The first-order valence-electron chi connectivity index (χ1n) is 10.4. The number of aryl methyl sites for hydroxylation is 1. The molecule has 0 aromatic heterocycles. The molecule has 0 saturated carbocycles. The van der Waals surface area contributed by atoms with E-state index in [1.54, 1.807) is 0 Å². The van der Waals surface area contributed by atoms with Crippen molar-refractivity contribution in [3.63, 3.8) is 0 Å². The number of hydrogen-bond acceptors (Lipinski definition) is 4. The van der Waals surface area contributed by atoms with Crippen molar-refractivity contribution in [3.05, 3.63) is 34.4 Å². The minimum Gasteiger partial charge on any atom is -0.377 e. The van der Waals surface area contributed by atoms with Crippen molar-refractivity contribution < 1.29 is 4.74 Å². The molecule has 3 rings (SSSR count). The average Bonchev–Trinajstić information content (AvgIpc) is 3.13. The van der Waals surface area contributed by atoms with E-state index in [1.165, 1.54) is 61.3 Å². The van der Waals surface area contributed by atoms with Crippen LogP contribution in [0.4, 0.5) is 0 Å². The molecule has 4 heteroatoms. The maximum absolute atomic E-state index is 5.86. The Bertz CT molecular complexity index is 575. The summed E-state index contributed by atoms with van der Waals surface area (Å²) in [5, 5.41) is 0. The minimum absolute atomic E-state index is 0.435. The Morgan fingerprint density at radius 1 is 1.12 bits per heavy atom. The molecule has 2 aliphatic rings. The van der Waals surface area contributed by atoms with Gasteiger partial charge in [0.15, 0.2) is 0 Å². The molecule has 26 heavy (non-hydrogen) atoms. The van der Waals surface area contributed by atoms with Crippen LogP contribution in [0.1, 0.15) is 42.0 Å². The molecule has 2 saturated heterocycles. The van der Waals surface area contributed by atoms with Crippen LogP contribution in [-0.4, -0.2) is 73.7 Å². The van der Waals surface area contributed by atoms with Crippen molar-refractivity contribution in [2.45, 2.75) is 52.8 Å². The van der Waals surface area contributed by atoms with Gasteiger partial charge in [0.05, 0.1) is 6.10 Å². The second-order valence-electron chi connectivity index (χ2n) is 8.25. The summed E-state index contributed by atoms with van der Waals surface area (Å²) in [7, 11) is 2.22. The Kier molecular flexibility index (Phi) is 7.10. The van der Waals surface area contributed by atoms with E-state index in [0.29, 0.717) is 6.10 Å². The molecule has 0 aliphatic carbocycles. The molecular formula is C22H37N3O.